The van der Waals surface area contributed by atoms with Crippen LogP contribution in [0.4, 0.5) is 4.39 Å². The number of hydrogen-bond donors (Lipinski definition) is 1. The third-order valence-electron chi connectivity index (χ3n) is 3.20. The quantitative estimate of drug-likeness (QED) is 0.877. The van der Waals surface area contributed by atoms with Crippen molar-refractivity contribution >= 4 is 5.97 Å². The second kappa shape index (κ2) is 5.29. The third-order valence-corrected chi connectivity index (χ3v) is 3.20. The van der Waals surface area contributed by atoms with Crippen LogP contribution in [0.2, 0.25) is 0 Å². The number of nitriles is 1. The minimum absolute atomic E-state index is 0.0716. The number of aromatic nitrogens is 1. The van der Waals surface area contributed by atoms with E-state index in [-0.39, 0.29) is 24.1 Å². The molecule has 0 radical (unpaired) electrons. The number of esters is 1. The van der Waals surface area contributed by atoms with E-state index in [0.29, 0.717) is 17.9 Å². The number of nitrogens with one attached hydrogen (secondary N) is 1. The lowest BCUT2D eigenvalue weighted by molar-refractivity contribution is 0.0347. The molecule has 0 unspecified atom stereocenters. The van der Waals surface area contributed by atoms with Gasteiger partial charge in [0, 0.05) is 18.2 Å². The maximum Gasteiger partial charge on any atom is 0.339 e. The Morgan fingerprint density at radius 2 is 2.38 bits per heavy atom. The standard InChI is InChI=1S/C15H11FN2O3/c16-11-1-2-14-9(3-11)5-13(21-14)8-20-15(19)10-4-12(6-17)18-7-10/h1-4,7,13,18H,5,8H2/t13-/m0/s1. The first-order valence-corrected chi connectivity index (χ1v) is 6.36. The number of hydrogen-bond acceptors (Lipinski definition) is 4. The molecule has 21 heavy (non-hydrogen) atoms. The van der Waals surface area contributed by atoms with Crippen LogP contribution in [0.1, 0.15) is 21.6 Å². The summed E-state index contributed by atoms with van der Waals surface area (Å²) in [5.74, 6) is -0.226. The van der Waals surface area contributed by atoms with Crippen molar-refractivity contribution in [3.8, 4) is 11.8 Å². The molecule has 5 nitrogen and oxygen atoms in total. The van der Waals surface area contributed by atoms with Crippen LogP contribution in [0, 0.1) is 17.1 Å². The van der Waals surface area contributed by atoms with Gasteiger partial charge in [0.1, 0.15) is 36.0 Å². The SMILES string of the molecule is N#Cc1cc(C(=O)OC[C@@H]2Cc3cc(F)ccc3O2)c[nH]1. The highest BCUT2D eigenvalue weighted by Crippen LogP contribution is 2.29. The fourth-order valence-corrected chi connectivity index (χ4v) is 2.21. The minimum Gasteiger partial charge on any atom is -0.486 e. The van der Waals surface area contributed by atoms with Gasteiger partial charge in [-0.05, 0) is 24.3 Å². The van der Waals surface area contributed by atoms with Crippen molar-refractivity contribution in [1.82, 2.24) is 4.98 Å². The molecule has 0 amide bonds. The van der Waals surface area contributed by atoms with Gasteiger partial charge in [0.25, 0.3) is 0 Å². The van der Waals surface area contributed by atoms with E-state index in [1.165, 1.54) is 24.4 Å². The average Bonchev–Trinajstić information content (AvgIpc) is 3.10. The van der Waals surface area contributed by atoms with Crippen molar-refractivity contribution in [2.75, 3.05) is 6.61 Å². The molecule has 106 valence electrons. The van der Waals surface area contributed by atoms with Gasteiger partial charge in [0.15, 0.2) is 0 Å². The minimum atomic E-state index is -0.529. The zero-order chi connectivity index (χ0) is 14.8. The van der Waals surface area contributed by atoms with Crippen molar-refractivity contribution in [3.05, 3.63) is 53.1 Å². The molecule has 1 N–H and O–H groups in total. The first-order chi connectivity index (χ1) is 10.2. The highest BCUT2D eigenvalue weighted by molar-refractivity contribution is 5.89. The second-order valence-electron chi connectivity index (χ2n) is 4.71. The molecule has 1 aliphatic heterocycles. The summed E-state index contributed by atoms with van der Waals surface area (Å²) in [5, 5.41) is 8.67. The van der Waals surface area contributed by atoms with Crippen LogP contribution < -0.4 is 4.74 Å². The second-order valence-corrected chi connectivity index (χ2v) is 4.71. The number of aromatic amines is 1. The highest BCUT2D eigenvalue weighted by atomic mass is 19.1. The molecule has 1 aromatic heterocycles. The molecule has 0 spiro atoms. The first-order valence-electron chi connectivity index (χ1n) is 6.36. The van der Waals surface area contributed by atoms with Gasteiger partial charge in [-0.15, -0.1) is 0 Å². The molecule has 0 fully saturated rings. The van der Waals surface area contributed by atoms with E-state index in [9.17, 15) is 9.18 Å². The summed E-state index contributed by atoms with van der Waals surface area (Å²) in [4.78, 5) is 14.4. The van der Waals surface area contributed by atoms with E-state index in [2.05, 4.69) is 4.98 Å². The number of carbonyl (C=O) groups excluding carboxylic acids is 1. The van der Waals surface area contributed by atoms with E-state index >= 15 is 0 Å². The largest absolute Gasteiger partial charge is 0.486 e. The molecule has 0 saturated heterocycles. The molecular weight excluding hydrogens is 275 g/mol. The van der Waals surface area contributed by atoms with E-state index in [0.717, 1.165) is 5.56 Å². The van der Waals surface area contributed by atoms with Crippen molar-refractivity contribution in [1.29, 1.82) is 5.26 Å². The number of H-pyrrole nitrogens is 1. The van der Waals surface area contributed by atoms with Gasteiger partial charge in [-0.1, -0.05) is 0 Å². The van der Waals surface area contributed by atoms with Crippen LogP contribution in [0.25, 0.3) is 0 Å². The summed E-state index contributed by atoms with van der Waals surface area (Å²) in [6, 6.07) is 7.63. The third kappa shape index (κ3) is 2.72. The van der Waals surface area contributed by atoms with E-state index < -0.39 is 5.97 Å². The molecule has 2 heterocycles. The van der Waals surface area contributed by atoms with Gasteiger partial charge in [0.2, 0.25) is 0 Å². The molecule has 0 aliphatic carbocycles. The molecule has 2 aromatic rings. The van der Waals surface area contributed by atoms with E-state index in [4.69, 9.17) is 14.7 Å². The summed E-state index contributed by atoms with van der Waals surface area (Å²) in [5.41, 5.74) is 1.35. The van der Waals surface area contributed by atoms with E-state index in [1.807, 2.05) is 6.07 Å². The fourth-order valence-electron chi connectivity index (χ4n) is 2.21. The number of nitrogens with zero attached hydrogens (tertiary/aromatic N) is 1. The lowest BCUT2D eigenvalue weighted by Gasteiger charge is -2.10. The zero-order valence-electron chi connectivity index (χ0n) is 10.9. The summed E-state index contributed by atoms with van der Waals surface area (Å²) in [7, 11) is 0. The summed E-state index contributed by atoms with van der Waals surface area (Å²) in [6.45, 7) is 0.0716. The molecular formula is C15H11FN2O3. The lowest BCUT2D eigenvalue weighted by Crippen LogP contribution is -2.22. The maximum absolute atomic E-state index is 13.1. The molecule has 1 aromatic carbocycles. The Hall–Kier alpha value is -2.81. The first kappa shape index (κ1) is 13.2. The Kier molecular flexibility index (Phi) is 3.32. The van der Waals surface area contributed by atoms with Crippen LogP contribution in [-0.4, -0.2) is 23.7 Å². The monoisotopic (exact) mass is 286 g/mol. The molecule has 6 heteroatoms. The van der Waals surface area contributed by atoms with Crippen LogP contribution >= 0.6 is 0 Å². The Labute approximate surface area is 119 Å². The van der Waals surface area contributed by atoms with Crippen LogP contribution in [0.15, 0.2) is 30.5 Å². The van der Waals surface area contributed by atoms with Crippen LogP contribution in [0.3, 0.4) is 0 Å². The van der Waals surface area contributed by atoms with Gasteiger partial charge < -0.3 is 14.5 Å². The molecule has 1 aliphatic rings. The average molecular weight is 286 g/mol. The number of halogens is 1. The van der Waals surface area contributed by atoms with Gasteiger partial charge in [-0.3, -0.25) is 0 Å². The molecule has 0 bridgehead atoms. The Morgan fingerprint density at radius 3 is 3.14 bits per heavy atom. The van der Waals surface area contributed by atoms with Crippen LogP contribution in [0.5, 0.6) is 5.75 Å². The Morgan fingerprint density at radius 1 is 1.52 bits per heavy atom. The van der Waals surface area contributed by atoms with Crippen molar-refractivity contribution in [3.63, 3.8) is 0 Å². The van der Waals surface area contributed by atoms with E-state index in [1.54, 1.807) is 6.07 Å². The summed E-state index contributed by atoms with van der Waals surface area (Å²) in [6.07, 6.45) is 1.59. The van der Waals surface area contributed by atoms with Gasteiger partial charge in [-0.2, -0.15) is 5.26 Å². The van der Waals surface area contributed by atoms with Gasteiger partial charge in [0.05, 0.1) is 5.56 Å². The van der Waals surface area contributed by atoms with Crippen LogP contribution in [-0.2, 0) is 11.2 Å². The Balaban J connectivity index is 1.57. The fraction of sp³-hybridized carbons (Fsp3) is 0.200. The van der Waals surface area contributed by atoms with Crippen molar-refractivity contribution in [2.45, 2.75) is 12.5 Å². The number of ether oxygens (including phenoxy) is 2. The number of benzene rings is 1. The Bertz CT molecular complexity index is 733. The zero-order valence-corrected chi connectivity index (χ0v) is 10.9. The molecule has 3 rings (SSSR count). The summed E-state index contributed by atoms with van der Waals surface area (Å²) >= 11 is 0. The highest BCUT2D eigenvalue weighted by Gasteiger charge is 2.25. The lowest BCUT2D eigenvalue weighted by atomic mass is 10.1. The number of fused-ring (bicyclic) bond motifs is 1. The predicted molar refractivity (Wildman–Crippen MR) is 70.3 cm³/mol. The van der Waals surface area contributed by atoms with Crippen molar-refractivity contribution < 1.29 is 18.7 Å². The number of carbonyl (C=O) groups is 1. The summed E-state index contributed by atoms with van der Waals surface area (Å²) < 4.78 is 23.8. The molecule has 1 atom stereocenters. The normalized spacial score (nSPS) is 15.9. The van der Waals surface area contributed by atoms with Gasteiger partial charge >= 0.3 is 5.97 Å². The maximum atomic E-state index is 13.1. The topological polar surface area (TPSA) is 75.1 Å². The van der Waals surface area contributed by atoms with Crippen molar-refractivity contribution in [2.24, 2.45) is 0 Å². The smallest absolute Gasteiger partial charge is 0.339 e. The predicted octanol–water partition coefficient (Wildman–Crippen LogP) is 2.19. The van der Waals surface area contributed by atoms with Gasteiger partial charge in [-0.25, -0.2) is 9.18 Å². The molecule has 0 saturated carbocycles. The number of rotatable bonds is 3.